The highest BCUT2D eigenvalue weighted by Crippen LogP contribution is 2.24. The van der Waals surface area contributed by atoms with Crippen LogP contribution in [0.15, 0.2) is 29.1 Å². The number of pyridine rings is 1. The molecule has 2 amide bonds. The molecule has 3 rings (SSSR count). The van der Waals surface area contributed by atoms with Gasteiger partial charge in [0, 0.05) is 6.07 Å². The molecule has 1 aliphatic heterocycles. The van der Waals surface area contributed by atoms with E-state index in [-0.39, 0.29) is 22.6 Å². The highest BCUT2D eigenvalue weighted by atomic mass is 19.1. The van der Waals surface area contributed by atoms with E-state index < -0.39 is 23.2 Å². The number of carbonyl (C=O) groups is 2. The standard InChI is InChI=1S/C14H10FN3O3/c1-6-3-2-4-8(11(6)15)18-9(19)5-7-10(12(18)16)14(21)17-13(7)20/h2-5H,16H2,1H3,(H,17,20,21). The number of imide groups is 1. The number of nitrogen functional groups attached to an aromatic ring is 1. The van der Waals surface area contributed by atoms with Crippen LogP contribution in [0.4, 0.5) is 10.2 Å². The van der Waals surface area contributed by atoms with Crippen LogP contribution in [0, 0.1) is 12.7 Å². The lowest BCUT2D eigenvalue weighted by Gasteiger charge is -2.13. The zero-order valence-corrected chi connectivity index (χ0v) is 10.9. The molecule has 0 unspecified atom stereocenters. The van der Waals surface area contributed by atoms with Gasteiger partial charge in [0.25, 0.3) is 17.4 Å². The van der Waals surface area contributed by atoms with Crippen molar-refractivity contribution in [2.75, 3.05) is 5.73 Å². The number of hydrogen-bond acceptors (Lipinski definition) is 4. The molecule has 21 heavy (non-hydrogen) atoms. The van der Waals surface area contributed by atoms with E-state index >= 15 is 0 Å². The number of aromatic nitrogens is 1. The van der Waals surface area contributed by atoms with E-state index in [0.29, 0.717) is 5.56 Å². The normalized spacial score (nSPS) is 13.2. The van der Waals surface area contributed by atoms with Gasteiger partial charge in [-0.3, -0.25) is 24.3 Å². The van der Waals surface area contributed by atoms with Gasteiger partial charge in [-0.1, -0.05) is 12.1 Å². The number of rotatable bonds is 1. The second kappa shape index (κ2) is 4.27. The SMILES string of the molecule is Cc1cccc(-n2c(N)c3c(cc2=O)C(=O)NC3=O)c1F. The second-order valence-electron chi connectivity index (χ2n) is 4.68. The monoisotopic (exact) mass is 287 g/mol. The fourth-order valence-corrected chi connectivity index (χ4v) is 2.33. The van der Waals surface area contributed by atoms with Crippen LogP contribution in [0.25, 0.3) is 5.69 Å². The first-order chi connectivity index (χ1) is 9.91. The van der Waals surface area contributed by atoms with Crippen molar-refractivity contribution in [3.05, 3.63) is 57.1 Å². The summed E-state index contributed by atoms with van der Waals surface area (Å²) in [7, 11) is 0. The average Bonchev–Trinajstić information content (AvgIpc) is 2.69. The molecule has 2 aromatic rings. The first-order valence-corrected chi connectivity index (χ1v) is 6.08. The molecule has 7 heteroatoms. The van der Waals surface area contributed by atoms with Crippen LogP contribution in [0.2, 0.25) is 0 Å². The maximum absolute atomic E-state index is 14.2. The van der Waals surface area contributed by atoms with E-state index in [1.165, 1.54) is 6.07 Å². The molecule has 0 fully saturated rings. The summed E-state index contributed by atoms with van der Waals surface area (Å²) < 4.78 is 15.1. The minimum Gasteiger partial charge on any atom is -0.384 e. The minimum atomic E-state index is -0.700. The van der Waals surface area contributed by atoms with E-state index in [1.54, 1.807) is 19.1 Å². The summed E-state index contributed by atoms with van der Waals surface area (Å²) in [5.74, 6) is -2.26. The number of fused-ring (bicyclic) bond motifs is 1. The molecule has 0 aliphatic carbocycles. The summed E-state index contributed by atoms with van der Waals surface area (Å²) in [6.07, 6.45) is 0. The number of benzene rings is 1. The summed E-state index contributed by atoms with van der Waals surface area (Å²) in [5.41, 5.74) is 5.21. The Kier molecular flexibility index (Phi) is 2.65. The number of amides is 2. The molecule has 0 atom stereocenters. The third kappa shape index (κ3) is 1.74. The quantitative estimate of drug-likeness (QED) is 0.757. The number of hydrogen-bond donors (Lipinski definition) is 2. The van der Waals surface area contributed by atoms with Crippen LogP contribution in [0.3, 0.4) is 0 Å². The van der Waals surface area contributed by atoms with Gasteiger partial charge in [0.05, 0.1) is 16.8 Å². The second-order valence-corrected chi connectivity index (χ2v) is 4.68. The zero-order chi connectivity index (χ0) is 15.3. The predicted octanol–water partition coefficient (Wildman–Crippen LogP) is 0.751. The van der Waals surface area contributed by atoms with E-state index in [2.05, 4.69) is 5.32 Å². The Morgan fingerprint density at radius 3 is 2.62 bits per heavy atom. The zero-order valence-electron chi connectivity index (χ0n) is 10.9. The molecule has 0 saturated carbocycles. The molecule has 1 aromatic carbocycles. The first kappa shape index (κ1) is 13.0. The van der Waals surface area contributed by atoms with Gasteiger partial charge in [0.2, 0.25) is 0 Å². The molecule has 1 aromatic heterocycles. The van der Waals surface area contributed by atoms with Gasteiger partial charge in [-0.25, -0.2) is 4.39 Å². The smallest absolute Gasteiger partial charge is 0.262 e. The van der Waals surface area contributed by atoms with Crippen LogP contribution in [-0.4, -0.2) is 16.4 Å². The molecular formula is C14H10FN3O3. The summed E-state index contributed by atoms with van der Waals surface area (Å²) in [6.45, 7) is 1.55. The lowest BCUT2D eigenvalue weighted by molar-refractivity contribution is 0.0880. The van der Waals surface area contributed by atoms with Gasteiger partial charge in [0.1, 0.15) is 11.6 Å². The van der Waals surface area contributed by atoms with Crippen LogP contribution < -0.4 is 16.6 Å². The number of anilines is 1. The first-order valence-electron chi connectivity index (χ1n) is 6.08. The van der Waals surface area contributed by atoms with Crippen LogP contribution in [0.5, 0.6) is 0 Å². The Morgan fingerprint density at radius 1 is 1.19 bits per heavy atom. The Balaban J connectivity index is 2.39. The molecular weight excluding hydrogens is 277 g/mol. The Hall–Kier alpha value is -2.96. The number of nitrogens with one attached hydrogen (secondary N) is 1. The fraction of sp³-hybridized carbons (Fsp3) is 0.0714. The van der Waals surface area contributed by atoms with Gasteiger partial charge in [-0.2, -0.15) is 0 Å². The van der Waals surface area contributed by atoms with Crippen molar-refractivity contribution in [3.8, 4) is 5.69 Å². The van der Waals surface area contributed by atoms with Crippen molar-refractivity contribution in [1.82, 2.24) is 9.88 Å². The number of carbonyl (C=O) groups excluding carboxylic acids is 2. The molecule has 1 aliphatic rings. The average molecular weight is 287 g/mol. The Morgan fingerprint density at radius 2 is 1.90 bits per heavy atom. The van der Waals surface area contributed by atoms with Crippen molar-refractivity contribution in [1.29, 1.82) is 0 Å². The Bertz CT molecular complexity index is 870. The highest BCUT2D eigenvalue weighted by Gasteiger charge is 2.32. The van der Waals surface area contributed by atoms with E-state index in [1.807, 2.05) is 0 Å². The van der Waals surface area contributed by atoms with Crippen molar-refractivity contribution >= 4 is 17.6 Å². The number of aryl methyl sites for hydroxylation is 1. The van der Waals surface area contributed by atoms with Crippen LogP contribution >= 0.6 is 0 Å². The lowest BCUT2D eigenvalue weighted by atomic mass is 10.1. The maximum Gasteiger partial charge on any atom is 0.262 e. The third-order valence-corrected chi connectivity index (χ3v) is 3.37. The summed E-state index contributed by atoms with van der Waals surface area (Å²) in [6, 6.07) is 5.47. The van der Waals surface area contributed by atoms with Gasteiger partial charge >= 0.3 is 0 Å². The maximum atomic E-state index is 14.2. The highest BCUT2D eigenvalue weighted by molar-refractivity contribution is 6.23. The summed E-state index contributed by atoms with van der Waals surface area (Å²) in [4.78, 5) is 35.4. The summed E-state index contributed by atoms with van der Waals surface area (Å²) in [5, 5.41) is 2.05. The van der Waals surface area contributed by atoms with E-state index in [4.69, 9.17) is 5.73 Å². The van der Waals surface area contributed by atoms with E-state index in [0.717, 1.165) is 10.6 Å². The van der Waals surface area contributed by atoms with Gasteiger partial charge in [-0.15, -0.1) is 0 Å². The summed E-state index contributed by atoms with van der Waals surface area (Å²) >= 11 is 0. The van der Waals surface area contributed by atoms with Crippen LogP contribution in [-0.2, 0) is 0 Å². The molecule has 0 bridgehead atoms. The number of halogens is 1. The largest absolute Gasteiger partial charge is 0.384 e. The molecule has 0 radical (unpaired) electrons. The minimum absolute atomic E-state index is 0.0625. The predicted molar refractivity (Wildman–Crippen MR) is 72.9 cm³/mol. The lowest BCUT2D eigenvalue weighted by Crippen LogP contribution is -2.25. The van der Waals surface area contributed by atoms with Gasteiger partial charge in [-0.05, 0) is 18.6 Å². The molecule has 6 nitrogen and oxygen atoms in total. The molecule has 106 valence electrons. The van der Waals surface area contributed by atoms with Gasteiger partial charge < -0.3 is 5.73 Å². The van der Waals surface area contributed by atoms with Crippen molar-refractivity contribution in [3.63, 3.8) is 0 Å². The van der Waals surface area contributed by atoms with Gasteiger partial charge in [0.15, 0.2) is 0 Å². The molecule has 0 saturated heterocycles. The Labute approximate surface area is 118 Å². The number of nitrogens with zero attached hydrogens (tertiary/aromatic N) is 1. The fourth-order valence-electron chi connectivity index (χ4n) is 2.33. The topological polar surface area (TPSA) is 94.2 Å². The van der Waals surface area contributed by atoms with Crippen LogP contribution in [0.1, 0.15) is 26.3 Å². The van der Waals surface area contributed by atoms with E-state index in [9.17, 15) is 18.8 Å². The molecule has 3 N–H and O–H groups in total. The third-order valence-electron chi connectivity index (χ3n) is 3.37. The molecule has 2 heterocycles. The van der Waals surface area contributed by atoms with Crippen molar-refractivity contribution in [2.45, 2.75) is 6.92 Å². The van der Waals surface area contributed by atoms with Crippen molar-refractivity contribution < 1.29 is 14.0 Å². The molecule has 0 spiro atoms. The number of nitrogens with two attached hydrogens (primary N) is 1. The van der Waals surface area contributed by atoms with Crippen molar-refractivity contribution in [2.24, 2.45) is 0 Å².